The number of esters is 1. The molecule has 1 aliphatic heterocycles. The number of piperidine rings is 1. The largest absolute Gasteiger partial charge is 0.469 e. The van der Waals surface area contributed by atoms with Crippen LogP contribution in [0, 0.1) is 29.2 Å². The second kappa shape index (κ2) is 11.0. The number of hydrogen-bond donors (Lipinski definition) is 2. The summed E-state index contributed by atoms with van der Waals surface area (Å²) >= 11 is 6.16. The fraction of sp³-hybridized carbons (Fsp3) is 0.400. The lowest BCUT2D eigenvalue weighted by Crippen LogP contribution is -2.51. The van der Waals surface area contributed by atoms with E-state index in [4.69, 9.17) is 16.3 Å². The van der Waals surface area contributed by atoms with Crippen LogP contribution in [0.5, 0.6) is 0 Å². The number of hydrogen-bond acceptors (Lipinski definition) is 7. The highest BCUT2D eigenvalue weighted by Gasteiger charge is 2.49. The average molecular weight is 559 g/mol. The van der Waals surface area contributed by atoms with Crippen molar-refractivity contribution in [1.29, 1.82) is 5.26 Å². The van der Waals surface area contributed by atoms with Crippen molar-refractivity contribution in [2.24, 2.45) is 17.8 Å². The summed E-state index contributed by atoms with van der Waals surface area (Å²) in [6.45, 7) is 1.14. The molecular formula is C30H31ClN6O3. The summed E-state index contributed by atoms with van der Waals surface area (Å²) in [4.78, 5) is 18.2. The van der Waals surface area contributed by atoms with Gasteiger partial charge in [0, 0.05) is 40.3 Å². The number of halogens is 1. The van der Waals surface area contributed by atoms with Crippen molar-refractivity contribution < 1.29 is 14.6 Å². The maximum Gasteiger partial charge on any atom is 0.311 e. The number of likely N-dealkylation sites (tertiary alicyclic amines) is 1. The van der Waals surface area contributed by atoms with Gasteiger partial charge in [0.25, 0.3) is 0 Å². The molecule has 0 amide bonds. The minimum Gasteiger partial charge on any atom is -0.469 e. The molecule has 0 bridgehead atoms. The average Bonchev–Trinajstić information content (AvgIpc) is 3.60. The van der Waals surface area contributed by atoms with E-state index in [0.717, 1.165) is 39.8 Å². The first-order valence-corrected chi connectivity index (χ1v) is 14.0. The van der Waals surface area contributed by atoms with Gasteiger partial charge in [0.05, 0.1) is 31.4 Å². The first-order valence-electron chi connectivity index (χ1n) is 13.6. The predicted molar refractivity (Wildman–Crippen MR) is 150 cm³/mol. The molecular weight excluding hydrogens is 528 g/mol. The molecule has 2 aliphatic rings. The maximum atomic E-state index is 12.7. The summed E-state index contributed by atoms with van der Waals surface area (Å²) in [5, 5.41) is 31.4. The Hall–Kier alpha value is -3.87. The number of nitrogens with one attached hydrogen (secondary N) is 1. The SMILES string of the molecule is COC(=O)[C@H]1[C@@H](O)CCC2CN(C#N)[C@H](c3[nH]c4ccccc4c3CCn3cc(-c4cccc(Cl)c4)nn3)C[C@@H]21. The van der Waals surface area contributed by atoms with Gasteiger partial charge in [0.2, 0.25) is 0 Å². The van der Waals surface area contributed by atoms with Gasteiger partial charge in [-0.2, -0.15) is 5.26 Å². The van der Waals surface area contributed by atoms with Gasteiger partial charge in [-0.25, -0.2) is 0 Å². The monoisotopic (exact) mass is 558 g/mol. The number of aliphatic hydroxyl groups is 1. The number of aromatic amines is 1. The number of para-hydroxylation sites is 1. The van der Waals surface area contributed by atoms with Gasteiger partial charge in [0.1, 0.15) is 5.69 Å². The zero-order valence-electron chi connectivity index (χ0n) is 22.2. The Morgan fingerprint density at radius 2 is 2.10 bits per heavy atom. The zero-order valence-corrected chi connectivity index (χ0v) is 23.0. The first kappa shape index (κ1) is 26.4. The van der Waals surface area contributed by atoms with Crippen molar-refractivity contribution in [2.75, 3.05) is 13.7 Å². The van der Waals surface area contributed by atoms with Crippen LogP contribution in [0.15, 0.2) is 54.7 Å². The van der Waals surface area contributed by atoms with Gasteiger partial charge in [0.15, 0.2) is 6.19 Å². The van der Waals surface area contributed by atoms with E-state index in [1.807, 2.05) is 58.2 Å². The molecule has 6 rings (SSSR count). The molecule has 40 heavy (non-hydrogen) atoms. The van der Waals surface area contributed by atoms with E-state index in [-0.39, 0.29) is 23.8 Å². The second-order valence-electron chi connectivity index (χ2n) is 10.8. The smallest absolute Gasteiger partial charge is 0.311 e. The van der Waals surface area contributed by atoms with Crippen LogP contribution < -0.4 is 0 Å². The minimum absolute atomic E-state index is 0.0689. The fourth-order valence-corrected chi connectivity index (χ4v) is 6.92. The highest BCUT2D eigenvalue weighted by molar-refractivity contribution is 6.30. The number of H-pyrrole nitrogens is 1. The first-order chi connectivity index (χ1) is 19.5. The van der Waals surface area contributed by atoms with Gasteiger partial charge < -0.3 is 19.7 Å². The Labute approximate surface area is 237 Å². The Morgan fingerprint density at radius 1 is 1.25 bits per heavy atom. The van der Waals surface area contributed by atoms with Crippen LogP contribution in [0.2, 0.25) is 5.02 Å². The van der Waals surface area contributed by atoms with E-state index in [9.17, 15) is 15.2 Å². The number of rotatable bonds is 6. The maximum absolute atomic E-state index is 12.7. The molecule has 206 valence electrons. The van der Waals surface area contributed by atoms with Crippen LogP contribution in [-0.2, 0) is 22.5 Å². The number of aliphatic hydroxyl groups excluding tert-OH is 1. The fourth-order valence-electron chi connectivity index (χ4n) is 6.73. The van der Waals surface area contributed by atoms with Crippen molar-refractivity contribution in [1.82, 2.24) is 24.9 Å². The van der Waals surface area contributed by atoms with Crippen LogP contribution in [0.4, 0.5) is 0 Å². The number of ether oxygens (including phenoxy) is 1. The number of carbonyl (C=O) groups is 1. The molecule has 1 unspecified atom stereocenters. The van der Waals surface area contributed by atoms with E-state index < -0.39 is 12.0 Å². The van der Waals surface area contributed by atoms with Gasteiger partial charge in [-0.05, 0) is 61.3 Å². The third-order valence-electron chi connectivity index (χ3n) is 8.65. The van der Waals surface area contributed by atoms with Crippen LogP contribution >= 0.6 is 11.6 Å². The summed E-state index contributed by atoms with van der Waals surface area (Å²) in [6, 6.07) is 15.4. The number of aromatic nitrogens is 4. The number of nitriles is 1. The number of carbonyl (C=O) groups excluding carboxylic acids is 1. The molecule has 4 aromatic rings. The number of fused-ring (bicyclic) bond motifs is 2. The molecule has 0 radical (unpaired) electrons. The highest BCUT2D eigenvalue weighted by Crippen LogP contribution is 2.47. The summed E-state index contributed by atoms with van der Waals surface area (Å²) in [5.74, 6) is -0.873. The lowest BCUT2D eigenvalue weighted by molar-refractivity contribution is -0.159. The summed E-state index contributed by atoms with van der Waals surface area (Å²) in [7, 11) is 1.37. The van der Waals surface area contributed by atoms with Crippen LogP contribution in [0.1, 0.15) is 36.6 Å². The van der Waals surface area contributed by atoms with Crippen molar-refractivity contribution in [3.63, 3.8) is 0 Å². The predicted octanol–water partition coefficient (Wildman–Crippen LogP) is 4.73. The molecule has 2 aromatic carbocycles. The number of benzene rings is 2. The van der Waals surface area contributed by atoms with Crippen LogP contribution in [-0.4, -0.2) is 55.7 Å². The summed E-state index contributed by atoms with van der Waals surface area (Å²) in [5.41, 5.74) is 4.74. The molecule has 1 saturated carbocycles. The Kier molecular flexibility index (Phi) is 7.22. The van der Waals surface area contributed by atoms with Crippen molar-refractivity contribution in [3.05, 3.63) is 71.0 Å². The molecule has 10 heteroatoms. The topological polar surface area (TPSA) is 120 Å². The molecule has 3 heterocycles. The van der Waals surface area contributed by atoms with Crippen molar-refractivity contribution >= 4 is 28.5 Å². The molecule has 9 nitrogen and oxygen atoms in total. The lowest BCUT2D eigenvalue weighted by Gasteiger charge is -2.47. The Morgan fingerprint density at radius 3 is 2.90 bits per heavy atom. The normalized spacial score (nSPS) is 24.4. The van der Waals surface area contributed by atoms with E-state index >= 15 is 0 Å². The molecule has 2 N–H and O–H groups in total. The van der Waals surface area contributed by atoms with Gasteiger partial charge in [-0.15, -0.1) is 5.10 Å². The van der Waals surface area contributed by atoms with Crippen LogP contribution in [0.3, 0.4) is 0 Å². The van der Waals surface area contributed by atoms with Gasteiger partial charge >= 0.3 is 5.97 Å². The second-order valence-corrected chi connectivity index (χ2v) is 11.2. The molecule has 2 fully saturated rings. The van der Waals surface area contributed by atoms with E-state index in [0.29, 0.717) is 37.4 Å². The molecule has 1 aliphatic carbocycles. The summed E-state index contributed by atoms with van der Waals surface area (Å²) in [6.07, 6.45) is 6.18. The zero-order chi connectivity index (χ0) is 27.8. The molecule has 2 aromatic heterocycles. The Balaban J connectivity index is 1.32. The van der Waals surface area contributed by atoms with Crippen molar-refractivity contribution in [3.8, 4) is 17.5 Å². The summed E-state index contributed by atoms with van der Waals surface area (Å²) < 4.78 is 6.92. The van der Waals surface area contributed by atoms with Crippen LogP contribution in [0.25, 0.3) is 22.2 Å². The van der Waals surface area contributed by atoms with E-state index in [1.165, 1.54) is 7.11 Å². The number of methoxy groups -OCH3 is 1. The Bertz CT molecular complexity index is 1570. The molecule has 5 atom stereocenters. The number of nitrogens with zero attached hydrogens (tertiary/aromatic N) is 5. The molecule has 1 saturated heterocycles. The quantitative estimate of drug-likeness (QED) is 0.259. The number of aryl methyl sites for hydroxylation is 2. The minimum atomic E-state index is -0.730. The van der Waals surface area contributed by atoms with E-state index in [1.54, 1.807) is 0 Å². The highest BCUT2D eigenvalue weighted by atomic mass is 35.5. The lowest BCUT2D eigenvalue weighted by atomic mass is 9.65. The van der Waals surface area contributed by atoms with Gasteiger partial charge in [-0.1, -0.05) is 47.1 Å². The van der Waals surface area contributed by atoms with E-state index in [2.05, 4.69) is 27.6 Å². The van der Waals surface area contributed by atoms with Crippen molar-refractivity contribution in [2.45, 2.75) is 44.4 Å². The molecule has 0 spiro atoms. The van der Waals surface area contributed by atoms with Gasteiger partial charge in [-0.3, -0.25) is 9.48 Å². The third kappa shape index (κ3) is 4.82. The standard InChI is InChI=1S/C30H31ClN6O3/c1-40-30(39)28-23-14-26(36(17-32)15-19(23)9-10-27(28)38)29-22(21-7-2-3-8-24(21)33-29)11-12-37-16-25(34-35-37)18-5-4-6-20(31)13-18/h2-8,13,16,19,23,26-28,33,38H,9-12,14-15H2,1H3/t19?,23-,26-,27-,28+/m0/s1. The third-order valence-corrected chi connectivity index (χ3v) is 8.88.